The molecule has 1 unspecified atom stereocenters. The van der Waals surface area contributed by atoms with Crippen LogP contribution in [0.1, 0.15) is 24.1 Å². The zero-order valence-corrected chi connectivity index (χ0v) is 13.3. The average molecular weight is 345 g/mol. The van der Waals surface area contributed by atoms with Crippen molar-refractivity contribution < 1.29 is 4.79 Å². The summed E-state index contributed by atoms with van der Waals surface area (Å²) in [6.45, 7) is 1.95. The smallest absolute Gasteiger partial charge is 0.319 e. The van der Waals surface area contributed by atoms with Crippen molar-refractivity contribution in [2.24, 2.45) is 0 Å². The van der Waals surface area contributed by atoms with Crippen LogP contribution in [0.5, 0.6) is 0 Å². The van der Waals surface area contributed by atoms with Gasteiger partial charge in [-0.3, -0.25) is 0 Å². The standard InChI is InChI=1S/C17H17BrN2O/c1-13(15-5-3-2-4-6-15)20-17(21)19-12-11-14-7-9-16(18)10-8-14/h2-13H,1H3,(H2,19,20,21)/b12-11+. The number of benzene rings is 2. The Balaban J connectivity index is 1.83. The molecule has 21 heavy (non-hydrogen) atoms. The third kappa shape index (κ3) is 5.08. The first-order chi connectivity index (χ1) is 10.1. The Labute approximate surface area is 133 Å². The molecule has 4 heteroatoms. The van der Waals surface area contributed by atoms with E-state index in [9.17, 15) is 4.79 Å². The maximum atomic E-state index is 11.8. The molecule has 2 amide bonds. The number of hydrogen-bond donors (Lipinski definition) is 2. The molecule has 2 N–H and O–H groups in total. The fourth-order valence-electron chi connectivity index (χ4n) is 1.85. The molecule has 0 fully saturated rings. The summed E-state index contributed by atoms with van der Waals surface area (Å²) in [5.74, 6) is 0. The summed E-state index contributed by atoms with van der Waals surface area (Å²) in [5, 5.41) is 5.59. The molecule has 0 aliphatic carbocycles. The van der Waals surface area contributed by atoms with Crippen molar-refractivity contribution in [2.45, 2.75) is 13.0 Å². The Hall–Kier alpha value is -2.07. The van der Waals surface area contributed by atoms with Crippen LogP contribution in [0.2, 0.25) is 0 Å². The van der Waals surface area contributed by atoms with Crippen molar-refractivity contribution in [1.29, 1.82) is 0 Å². The molecule has 2 aromatic rings. The second-order valence-corrected chi connectivity index (χ2v) is 5.55. The third-order valence-corrected chi connectivity index (χ3v) is 3.54. The van der Waals surface area contributed by atoms with Crippen LogP contribution in [0.4, 0.5) is 4.79 Å². The topological polar surface area (TPSA) is 41.1 Å². The number of nitrogens with one attached hydrogen (secondary N) is 2. The Kier molecular flexibility index (Phi) is 5.58. The van der Waals surface area contributed by atoms with Crippen LogP contribution in [0.25, 0.3) is 6.08 Å². The summed E-state index contributed by atoms with van der Waals surface area (Å²) in [7, 11) is 0. The minimum Gasteiger partial charge on any atom is -0.331 e. The molecule has 108 valence electrons. The van der Waals surface area contributed by atoms with Gasteiger partial charge in [-0.1, -0.05) is 58.4 Å². The fraction of sp³-hybridized carbons (Fsp3) is 0.118. The molecule has 2 rings (SSSR count). The van der Waals surface area contributed by atoms with E-state index in [1.54, 1.807) is 6.20 Å². The minimum atomic E-state index is -0.222. The maximum absolute atomic E-state index is 11.8. The molecular formula is C17H17BrN2O. The van der Waals surface area contributed by atoms with Crippen molar-refractivity contribution in [2.75, 3.05) is 0 Å². The zero-order valence-electron chi connectivity index (χ0n) is 11.7. The minimum absolute atomic E-state index is 0.0349. The van der Waals surface area contributed by atoms with Gasteiger partial charge < -0.3 is 10.6 Å². The summed E-state index contributed by atoms with van der Waals surface area (Å²) in [5.41, 5.74) is 2.10. The lowest BCUT2D eigenvalue weighted by Crippen LogP contribution is -2.34. The van der Waals surface area contributed by atoms with E-state index in [-0.39, 0.29) is 12.1 Å². The van der Waals surface area contributed by atoms with Crippen LogP contribution >= 0.6 is 15.9 Å². The van der Waals surface area contributed by atoms with Crippen LogP contribution in [0.15, 0.2) is 65.3 Å². The molecular weight excluding hydrogens is 328 g/mol. The lowest BCUT2D eigenvalue weighted by atomic mass is 10.1. The fourth-order valence-corrected chi connectivity index (χ4v) is 2.12. The second kappa shape index (κ2) is 7.64. The van der Waals surface area contributed by atoms with E-state index in [4.69, 9.17) is 0 Å². The molecule has 0 radical (unpaired) electrons. The summed E-state index contributed by atoms with van der Waals surface area (Å²) in [6, 6.07) is 17.4. The number of urea groups is 1. The van der Waals surface area contributed by atoms with E-state index in [1.165, 1.54) is 0 Å². The van der Waals surface area contributed by atoms with Gasteiger partial charge in [-0.15, -0.1) is 0 Å². The van der Waals surface area contributed by atoms with Crippen molar-refractivity contribution >= 4 is 28.0 Å². The lowest BCUT2D eigenvalue weighted by Gasteiger charge is -2.13. The maximum Gasteiger partial charge on any atom is 0.319 e. The van der Waals surface area contributed by atoms with E-state index in [0.29, 0.717) is 0 Å². The van der Waals surface area contributed by atoms with Crippen molar-refractivity contribution in [3.63, 3.8) is 0 Å². The first-order valence-corrected chi connectivity index (χ1v) is 7.48. The van der Waals surface area contributed by atoms with Gasteiger partial charge in [0.25, 0.3) is 0 Å². The molecule has 3 nitrogen and oxygen atoms in total. The molecule has 0 aromatic heterocycles. The van der Waals surface area contributed by atoms with Gasteiger partial charge in [0.05, 0.1) is 6.04 Å². The molecule has 0 bridgehead atoms. The summed E-state index contributed by atoms with van der Waals surface area (Å²) in [4.78, 5) is 11.8. The Bertz CT molecular complexity index is 608. The van der Waals surface area contributed by atoms with E-state index < -0.39 is 0 Å². The quantitative estimate of drug-likeness (QED) is 0.843. The first kappa shape index (κ1) is 15.3. The molecule has 0 spiro atoms. The molecule has 0 saturated heterocycles. The van der Waals surface area contributed by atoms with E-state index >= 15 is 0 Å². The number of carbonyl (C=O) groups excluding carboxylic acids is 1. The van der Waals surface area contributed by atoms with Gasteiger partial charge in [0.2, 0.25) is 0 Å². The Morgan fingerprint density at radius 1 is 1.10 bits per heavy atom. The predicted octanol–water partition coefficient (Wildman–Crippen LogP) is 4.48. The molecule has 0 heterocycles. The highest BCUT2D eigenvalue weighted by Crippen LogP contribution is 2.12. The highest BCUT2D eigenvalue weighted by Gasteiger charge is 2.06. The Morgan fingerprint density at radius 2 is 1.76 bits per heavy atom. The predicted molar refractivity (Wildman–Crippen MR) is 89.7 cm³/mol. The number of hydrogen-bond acceptors (Lipinski definition) is 1. The van der Waals surface area contributed by atoms with Gasteiger partial charge in [-0.05, 0) is 36.3 Å². The first-order valence-electron chi connectivity index (χ1n) is 6.69. The summed E-state index contributed by atoms with van der Waals surface area (Å²) in [6.07, 6.45) is 3.48. The number of amides is 2. The number of carbonyl (C=O) groups is 1. The van der Waals surface area contributed by atoms with Crippen LogP contribution in [-0.4, -0.2) is 6.03 Å². The Morgan fingerprint density at radius 3 is 2.43 bits per heavy atom. The van der Waals surface area contributed by atoms with Gasteiger partial charge in [0, 0.05) is 10.7 Å². The largest absolute Gasteiger partial charge is 0.331 e. The van der Waals surface area contributed by atoms with E-state index in [1.807, 2.05) is 67.6 Å². The van der Waals surface area contributed by atoms with E-state index in [2.05, 4.69) is 26.6 Å². The van der Waals surface area contributed by atoms with Gasteiger partial charge in [-0.25, -0.2) is 4.79 Å². The molecule has 1 atom stereocenters. The molecule has 0 saturated carbocycles. The summed E-state index contributed by atoms with van der Waals surface area (Å²) < 4.78 is 1.03. The molecule has 0 aliphatic rings. The van der Waals surface area contributed by atoms with Crippen LogP contribution in [0, 0.1) is 0 Å². The van der Waals surface area contributed by atoms with Crippen LogP contribution in [-0.2, 0) is 0 Å². The summed E-state index contributed by atoms with van der Waals surface area (Å²) >= 11 is 3.38. The third-order valence-electron chi connectivity index (χ3n) is 3.01. The van der Waals surface area contributed by atoms with Crippen molar-refractivity contribution in [3.05, 3.63) is 76.4 Å². The highest BCUT2D eigenvalue weighted by atomic mass is 79.9. The van der Waals surface area contributed by atoms with Crippen molar-refractivity contribution in [3.8, 4) is 0 Å². The highest BCUT2D eigenvalue weighted by molar-refractivity contribution is 9.10. The second-order valence-electron chi connectivity index (χ2n) is 4.64. The van der Waals surface area contributed by atoms with Crippen LogP contribution in [0.3, 0.4) is 0 Å². The monoisotopic (exact) mass is 344 g/mol. The van der Waals surface area contributed by atoms with Gasteiger partial charge in [-0.2, -0.15) is 0 Å². The van der Waals surface area contributed by atoms with Crippen LogP contribution < -0.4 is 10.6 Å². The van der Waals surface area contributed by atoms with Crippen molar-refractivity contribution in [1.82, 2.24) is 10.6 Å². The normalized spacial score (nSPS) is 12.1. The SMILES string of the molecule is CC(NC(=O)N/C=C/c1ccc(Br)cc1)c1ccccc1. The van der Waals surface area contributed by atoms with Gasteiger partial charge in [0.15, 0.2) is 0 Å². The zero-order chi connectivity index (χ0) is 15.1. The van der Waals surface area contributed by atoms with E-state index in [0.717, 1.165) is 15.6 Å². The lowest BCUT2D eigenvalue weighted by molar-refractivity contribution is 0.241. The molecule has 2 aromatic carbocycles. The molecule has 0 aliphatic heterocycles. The van der Waals surface area contributed by atoms with Gasteiger partial charge >= 0.3 is 6.03 Å². The van der Waals surface area contributed by atoms with Gasteiger partial charge in [0.1, 0.15) is 0 Å². The number of halogens is 1. The average Bonchev–Trinajstić information content (AvgIpc) is 2.50. The number of rotatable bonds is 4.